The minimum atomic E-state index is -3.76. The van der Waals surface area contributed by atoms with Crippen molar-refractivity contribution in [3.63, 3.8) is 0 Å². The molecule has 0 bridgehead atoms. The molecule has 0 aliphatic heterocycles. The van der Waals surface area contributed by atoms with E-state index in [1.165, 1.54) is 42.6 Å². The van der Waals surface area contributed by atoms with E-state index >= 15 is 0 Å². The molecule has 2 amide bonds. The van der Waals surface area contributed by atoms with Crippen LogP contribution < -0.4 is 11.1 Å². The second-order valence-electron chi connectivity index (χ2n) is 7.51. The standard InChI is InChI=1S/C24H20FN3O4S/c25-18-9-5-16(6-10-18)15-33(31,32)22-13-28(21-4-2-1-3-20(21)22)14-23(29)27-19-11-7-17(8-12-19)24(26)30/h1-13H,14-15H2,(H2,26,30)(H,27,29). The molecule has 4 rings (SSSR count). The molecule has 0 fully saturated rings. The second-order valence-corrected chi connectivity index (χ2v) is 9.47. The Bertz CT molecular complexity index is 1440. The molecule has 0 aliphatic carbocycles. The lowest BCUT2D eigenvalue weighted by atomic mass is 10.2. The van der Waals surface area contributed by atoms with E-state index in [0.717, 1.165) is 0 Å². The summed E-state index contributed by atoms with van der Waals surface area (Å²) in [5, 5.41) is 3.22. The number of nitrogens with zero attached hydrogens (tertiary/aromatic N) is 1. The number of nitrogens with one attached hydrogen (secondary N) is 1. The molecule has 0 saturated carbocycles. The third kappa shape index (κ3) is 4.93. The van der Waals surface area contributed by atoms with Crippen molar-refractivity contribution < 1.29 is 22.4 Å². The highest BCUT2D eigenvalue weighted by molar-refractivity contribution is 7.90. The number of nitrogens with two attached hydrogens (primary N) is 1. The molecular weight excluding hydrogens is 445 g/mol. The molecule has 1 heterocycles. The summed E-state index contributed by atoms with van der Waals surface area (Å²) in [6.07, 6.45) is 1.44. The highest BCUT2D eigenvalue weighted by Gasteiger charge is 2.22. The summed E-state index contributed by atoms with van der Waals surface area (Å²) in [6, 6.07) is 18.3. The van der Waals surface area contributed by atoms with Crippen LogP contribution in [0.1, 0.15) is 15.9 Å². The van der Waals surface area contributed by atoms with Gasteiger partial charge in [0.1, 0.15) is 12.4 Å². The van der Waals surface area contributed by atoms with Crippen molar-refractivity contribution in [2.75, 3.05) is 5.32 Å². The number of carbonyl (C=O) groups excluding carboxylic acids is 2. The monoisotopic (exact) mass is 465 g/mol. The van der Waals surface area contributed by atoms with Gasteiger partial charge in [0.05, 0.1) is 10.6 Å². The quantitative estimate of drug-likeness (QED) is 0.435. The van der Waals surface area contributed by atoms with E-state index in [1.54, 1.807) is 41.0 Å². The number of rotatable bonds is 7. The zero-order chi connectivity index (χ0) is 23.6. The first kappa shape index (κ1) is 22.2. The summed E-state index contributed by atoms with van der Waals surface area (Å²) in [7, 11) is -3.76. The molecule has 0 radical (unpaired) electrons. The van der Waals surface area contributed by atoms with E-state index in [1.807, 2.05) is 0 Å². The van der Waals surface area contributed by atoms with Gasteiger partial charge >= 0.3 is 0 Å². The Morgan fingerprint density at radius 2 is 1.61 bits per heavy atom. The Morgan fingerprint density at radius 1 is 0.939 bits per heavy atom. The molecule has 0 aliphatic rings. The van der Waals surface area contributed by atoms with Crippen molar-refractivity contribution in [3.8, 4) is 0 Å². The van der Waals surface area contributed by atoms with Crippen molar-refractivity contribution in [2.45, 2.75) is 17.2 Å². The van der Waals surface area contributed by atoms with Gasteiger partial charge in [0.25, 0.3) is 0 Å². The zero-order valence-electron chi connectivity index (χ0n) is 17.4. The van der Waals surface area contributed by atoms with Crippen LogP contribution in [0.4, 0.5) is 10.1 Å². The van der Waals surface area contributed by atoms with Crippen LogP contribution in [-0.4, -0.2) is 24.8 Å². The highest BCUT2D eigenvalue weighted by Crippen LogP contribution is 2.28. The third-order valence-electron chi connectivity index (χ3n) is 5.12. The second kappa shape index (κ2) is 8.87. The molecule has 9 heteroatoms. The maximum absolute atomic E-state index is 13.2. The third-order valence-corrected chi connectivity index (χ3v) is 6.83. The average Bonchev–Trinajstić information content (AvgIpc) is 3.15. The van der Waals surface area contributed by atoms with Crippen LogP contribution in [0.2, 0.25) is 0 Å². The van der Waals surface area contributed by atoms with E-state index < -0.39 is 21.6 Å². The van der Waals surface area contributed by atoms with Gasteiger partial charge in [-0.3, -0.25) is 9.59 Å². The van der Waals surface area contributed by atoms with E-state index in [4.69, 9.17) is 5.73 Å². The van der Waals surface area contributed by atoms with Crippen LogP contribution in [0.3, 0.4) is 0 Å². The van der Waals surface area contributed by atoms with Crippen LogP contribution in [0.5, 0.6) is 0 Å². The zero-order valence-corrected chi connectivity index (χ0v) is 18.2. The van der Waals surface area contributed by atoms with E-state index in [-0.39, 0.29) is 23.1 Å². The topological polar surface area (TPSA) is 111 Å². The summed E-state index contributed by atoms with van der Waals surface area (Å²) in [4.78, 5) is 23.9. The fourth-order valence-electron chi connectivity index (χ4n) is 3.54. The predicted molar refractivity (Wildman–Crippen MR) is 123 cm³/mol. The highest BCUT2D eigenvalue weighted by atomic mass is 32.2. The summed E-state index contributed by atoms with van der Waals surface area (Å²) in [6.45, 7) is -0.121. The molecule has 0 spiro atoms. The van der Waals surface area contributed by atoms with Gasteiger partial charge in [-0.25, -0.2) is 12.8 Å². The Labute approximate surface area is 189 Å². The molecule has 3 aromatic carbocycles. The number of carbonyl (C=O) groups is 2. The van der Waals surface area contributed by atoms with Crippen LogP contribution in [0, 0.1) is 5.82 Å². The van der Waals surface area contributed by atoms with Crippen LogP contribution in [0.25, 0.3) is 10.9 Å². The van der Waals surface area contributed by atoms with Gasteiger partial charge in [0, 0.05) is 28.4 Å². The summed E-state index contributed by atoms with van der Waals surface area (Å²) in [5.41, 5.74) is 7.07. The fourth-order valence-corrected chi connectivity index (χ4v) is 5.12. The lowest BCUT2D eigenvalue weighted by Gasteiger charge is -2.08. The summed E-state index contributed by atoms with van der Waals surface area (Å²) < 4.78 is 41.0. The normalized spacial score (nSPS) is 11.4. The Kier molecular flexibility index (Phi) is 5.97. The molecule has 0 saturated heterocycles. The van der Waals surface area contributed by atoms with Crippen molar-refractivity contribution >= 4 is 38.2 Å². The van der Waals surface area contributed by atoms with Gasteiger partial charge in [-0.05, 0) is 48.0 Å². The molecule has 0 atom stereocenters. The van der Waals surface area contributed by atoms with Crippen LogP contribution >= 0.6 is 0 Å². The number of halogens is 1. The van der Waals surface area contributed by atoms with Gasteiger partial charge in [-0.15, -0.1) is 0 Å². The first-order chi connectivity index (χ1) is 15.7. The summed E-state index contributed by atoms with van der Waals surface area (Å²) in [5.74, 6) is -1.67. The van der Waals surface area contributed by atoms with E-state index in [0.29, 0.717) is 27.7 Å². The lowest BCUT2D eigenvalue weighted by molar-refractivity contribution is -0.116. The van der Waals surface area contributed by atoms with Crippen molar-refractivity contribution in [2.24, 2.45) is 5.73 Å². The number of hydrogen-bond donors (Lipinski definition) is 2. The smallest absolute Gasteiger partial charge is 0.248 e. The number of amides is 2. The number of aromatic nitrogens is 1. The number of fused-ring (bicyclic) bond motifs is 1. The predicted octanol–water partition coefficient (Wildman–Crippen LogP) is 3.49. The lowest BCUT2D eigenvalue weighted by Crippen LogP contribution is -2.18. The summed E-state index contributed by atoms with van der Waals surface area (Å²) >= 11 is 0. The fraction of sp³-hybridized carbons (Fsp3) is 0.0833. The van der Waals surface area contributed by atoms with Gasteiger partial charge in [0.2, 0.25) is 11.8 Å². The van der Waals surface area contributed by atoms with Crippen molar-refractivity contribution in [1.82, 2.24) is 4.57 Å². The maximum atomic E-state index is 13.2. The number of anilines is 1. The Balaban J connectivity index is 1.59. The molecule has 168 valence electrons. The van der Waals surface area contributed by atoms with Crippen molar-refractivity contribution in [1.29, 1.82) is 0 Å². The van der Waals surface area contributed by atoms with Crippen LogP contribution in [0.15, 0.2) is 83.9 Å². The molecular formula is C24H20FN3O4S. The van der Waals surface area contributed by atoms with E-state index in [9.17, 15) is 22.4 Å². The molecule has 4 aromatic rings. The minimum Gasteiger partial charge on any atom is -0.366 e. The number of primary amides is 1. The first-order valence-electron chi connectivity index (χ1n) is 9.98. The molecule has 33 heavy (non-hydrogen) atoms. The SMILES string of the molecule is NC(=O)c1ccc(NC(=O)Cn2cc(S(=O)(=O)Cc3ccc(F)cc3)c3ccccc32)cc1. The number of sulfone groups is 1. The Hall–Kier alpha value is -3.98. The minimum absolute atomic E-state index is 0.0982. The first-order valence-corrected chi connectivity index (χ1v) is 11.6. The van der Waals surface area contributed by atoms with Gasteiger partial charge in [0.15, 0.2) is 9.84 Å². The van der Waals surface area contributed by atoms with Gasteiger partial charge in [-0.2, -0.15) is 0 Å². The number of hydrogen-bond acceptors (Lipinski definition) is 4. The van der Waals surface area contributed by atoms with Crippen molar-refractivity contribution in [3.05, 3.63) is 95.9 Å². The van der Waals surface area contributed by atoms with Gasteiger partial charge in [-0.1, -0.05) is 30.3 Å². The molecule has 0 unspecified atom stereocenters. The molecule has 3 N–H and O–H groups in total. The number of para-hydroxylation sites is 1. The Morgan fingerprint density at radius 3 is 2.27 bits per heavy atom. The molecule has 7 nitrogen and oxygen atoms in total. The van der Waals surface area contributed by atoms with E-state index in [2.05, 4.69) is 5.32 Å². The largest absolute Gasteiger partial charge is 0.366 e. The number of benzene rings is 3. The molecule has 1 aromatic heterocycles. The average molecular weight is 466 g/mol. The van der Waals surface area contributed by atoms with Gasteiger partial charge < -0.3 is 15.6 Å². The maximum Gasteiger partial charge on any atom is 0.248 e. The van der Waals surface area contributed by atoms with Crippen LogP contribution in [-0.2, 0) is 26.9 Å².